The Balaban J connectivity index is 2.03. The molecule has 1 saturated heterocycles. The van der Waals surface area contributed by atoms with E-state index in [2.05, 4.69) is 37.4 Å². The standard InChI is InChI=1S/C16H21NO/c1-11(2)13-3-4-16-14(9-13)15(10-18-16)12-5-7-17-8-6-12/h3-4,9-12,17H,5-8H2,1-2H3. The second kappa shape index (κ2) is 4.77. The van der Waals surface area contributed by atoms with E-state index in [0.717, 1.165) is 18.7 Å². The van der Waals surface area contributed by atoms with Crippen LogP contribution in [0.2, 0.25) is 0 Å². The predicted octanol–water partition coefficient (Wildman–Crippen LogP) is 4.02. The van der Waals surface area contributed by atoms with Gasteiger partial charge in [-0.25, -0.2) is 0 Å². The van der Waals surface area contributed by atoms with Gasteiger partial charge in [0.1, 0.15) is 5.58 Å². The van der Waals surface area contributed by atoms with Crippen molar-refractivity contribution in [3.8, 4) is 0 Å². The molecule has 0 bridgehead atoms. The van der Waals surface area contributed by atoms with Crippen LogP contribution >= 0.6 is 0 Å². The van der Waals surface area contributed by atoms with Crippen molar-refractivity contribution >= 4 is 11.0 Å². The third-order valence-electron chi connectivity index (χ3n) is 4.07. The SMILES string of the molecule is CC(C)c1ccc2occ(C3CCNCC3)c2c1. The summed E-state index contributed by atoms with van der Waals surface area (Å²) in [5, 5.41) is 4.75. The summed E-state index contributed by atoms with van der Waals surface area (Å²) in [6.07, 6.45) is 4.42. The Morgan fingerprint density at radius 2 is 2.00 bits per heavy atom. The van der Waals surface area contributed by atoms with E-state index in [1.54, 1.807) is 0 Å². The molecule has 1 fully saturated rings. The molecule has 2 aromatic rings. The molecule has 1 aromatic carbocycles. The van der Waals surface area contributed by atoms with Crippen LogP contribution in [0.15, 0.2) is 28.9 Å². The Morgan fingerprint density at radius 3 is 2.72 bits per heavy atom. The third-order valence-corrected chi connectivity index (χ3v) is 4.07. The van der Waals surface area contributed by atoms with Gasteiger partial charge in [-0.3, -0.25) is 0 Å². The smallest absolute Gasteiger partial charge is 0.134 e. The average molecular weight is 243 g/mol. The first-order chi connectivity index (χ1) is 8.75. The number of nitrogens with one attached hydrogen (secondary N) is 1. The zero-order chi connectivity index (χ0) is 12.5. The highest BCUT2D eigenvalue weighted by Crippen LogP contribution is 2.34. The molecule has 1 aliphatic rings. The van der Waals surface area contributed by atoms with E-state index in [0.29, 0.717) is 11.8 Å². The number of hydrogen-bond donors (Lipinski definition) is 1. The van der Waals surface area contributed by atoms with E-state index in [1.165, 1.54) is 29.4 Å². The molecule has 18 heavy (non-hydrogen) atoms. The van der Waals surface area contributed by atoms with Crippen molar-refractivity contribution in [2.75, 3.05) is 13.1 Å². The van der Waals surface area contributed by atoms with Crippen LogP contribution in [-0.4, -0.2) is 13.1 Å². The Bertz CT molecular complexity index is 535. The lowest BCUT2D eigenvalue weighted by atomic mass is 9.89. The highest BCUT2D eigenvalue weighted by Gasteiger charge is 2.19. The van der Waals surface area contributed by atoms with Gasteiger partial charge in [0.15, 0.2) is 0 Å². The van der Waals surface area contributed by atoms with E-state index in [-0.39, 0.29) is 0 Å². The maximum absolute atomic E-state index is 5.72. The molecule has 2 nitrogen and oxygen atoms in total. The number of hydrogen-bond acceptors (Lipinski definition) is 2. The number of piperidine rings is 1. The molecule has 2 heteroatoms. The quantitative estimate of drug-likeness (QED) is 0.861. The van der Waals surface area contributed by atoms with E-state index >= 15 is 0 Å². The molecule has 0 amide bonds. The molecule has 1 aliphatic heterocycles. The molecular formula is C16H21NO. The first kappa shape index (κ1) is 11.8. The van der Waals surface area contributed by atoms with Crippen LogP contribution in [0.5, 0.6) is 0 Å². The van der Waals surface area contributed by atoms with Crippen molar-refractivity contribution in [1.29, 1.82) is 0 Å². The second-order valence-corrected chi connectivity index (χ2v) is 5.63. The Hall–Kier alpha value is -1.28. The maximum Gasteiger partial charge on any atom is 0.134 e. The fraction of sp³-hybridized carbons (Fsp3) is 0.500. The van der Waals surface area contributed by atoms with Gasteiger partial charge in [0, 0.05) is 10.9 Å². The zero-order valence-electron chi connectivity index (χ0n) is 11.2. The number of furan rings is 1. The largest absolute Gasteiger partial charge is 0.464 e. The molecule has 0 spiro atoms. The minimum atomic E-state index is 0.574. The topological polar surface area (TPSA) is 25.2 Å². The molecule has 1 N–H and O–H groups in total. The lowest BCUT2D eigenvalue weighted by molar-refractivity contribution is 0.457. The normalized spacial score (nSPS) is 17.7. The van der Waals surface area contributed by atoms with Crippen LogP contribution in [0.3, 0.4) is 0 Å². The van der Waals surface area contributed by atoms with E-state index in [1.807, 2.05) is 6.26 Å². The van der Waals surface area contributed by atoms with Gasteiger partial charge in [-0.05, 0) is 55.5 Å². The minimum absolute atomic E-state index is 0.574. The average Bonchev–Trinajstić information content (AvgIpc) is 2.82. The van der Waals surface area contributed by atoms with Crippen molar-refractivity contribution < 1.29 is 4.42 Å². The van der Waals surface area contributed by atoms with Gasteiger partial charge in [0.2, 0.25) is 0 Å². The van der Waals surface area contributed by atoms with Gasteiger partial charge in [-0.2, -0.15) is 0 Å². The first-order valence-corrected chi connectivity index (χ1v) is 6.97. The zero-order valence-corrected chi connectivity index (χ0v) is 11.2. The van der Waals surface area contributed by atoms with Crippen molar-refractivity contribution in [3.63, 3.8) is 0 Å². The molecule has 0 unspecified atom stereocenters. The molecular weight excluding hydrogens is 222 g/mol. The van der Waals surface area contributed by atoms with Gasteiger partial charge in [0.25, 0.3) is 0 Å². The second-order valence-electron chi connectivity index (χ2n) is 5.63. The van der Waals surface area contributed by atoms with Crippen molar-refractivity contribution in [2.45, 2.75) is 38.5 Å². The highest BCUT2D eigenvalue weighted by atomic mass is 16.3. The predicted molar refractivity (Wildman–Crippen MR) is 75.1 cm³/mol. The van der Waals surface area contributed by atoms with Crippen LogP contribution in [0.4, 0.5) is 0 Å². The lowest BCUT2D eigenvalue weighted by Crippen LogP contribution is -2.26. The summed E-state index contributed by atoms with van der Waals surface area (Å²) in [5.41, 5.74) is 3.85. The van der Waals surface area contributed by atoms with Crippen LogP contribution in [0.25, 0.3) is 11.0 Å². The summed E-state index contributed by atoms with van der Waals surface area (Å²) in [4.78, 5) is 0. The van der Waals surface area contributed by atoms with Crippen LogP contribution in [0, 0.1) is 0 Å². The Morgan fingerprint density at radius 1 is 1.22 bits per heavy atom. The van der Waals surface area contributed by atoms with Gasteiger partial charge in [0.05, 0.1) is 6.26 Å². The molecule has 96 valence electrons. The Kier molecular flexibility index (Phi) is 3.13. The van der Waals surface area contributed by atoms with Gasteiger partial charge < -0.3 is 9.73 Å². The summed E-state index contributed by atoms with van der Waals surface area (Å²) >= 11 is 0. The van der Waals surface area contributed by atoms with Gasteiger partial charge in [-0.1, -0.05) is 19.9 Å². The summed E-state index contributed by atoms with van der Waals surface area (Å²) < 4.78 is 5.72. The molecule has 0 saturated carbocycles. The molecule has 1 aromatic heterocycles. The van der Waals surface area contributed by atoms with Gasteiger partial charge >= 0.3 is 0 Å². The Labute approximate surface area is 108 Å². The molecule has 0 aliphatic carbocycles. The number of fused-ring (bicyclic) bond motifs is 1. The van der Waals surface area contributed by atoms with Crippen LogP contribution in [-0.2, 0) is 0 Å². The van der Waals surface area contributed by atoms with Crippen molar-refractivity contribution in [2.24, 2.45) is 0 Å². The van der Waals surface area contributed by atoms with E-state index in [4.69, 9.17) is 4.42 Å². The maximum atomic E-state index is 5.72. The molecule has 3 rings (SSSR count). The monoisotopic (exact) mass is 243 g/mol. The lowest BCUT2D eigenvalue weighted by Gasteiger charge is -2.21. The fourth-order valence-electron chi connectivity index (χ4n) is 2.87. The van der Waals surface area contributed by atoms with Gasteiger partial charge in [-0.15, -0.1) is 0 Å². The van der Waals surface area contributed by atoms with Crippen molar-refractivity contribution in [3.05, 3.63) is 35.6 Å². The summed E-state index contributed by atoms with van der Waals surface area (Å²) in [6.45, 7) is 6.74. The fourth-order valence-corrected chi connectivity index (χ4v) is 2.87. The summed E-state index contributed by atoms with van der Waals surface area (Å²) in [5.74, 6) is 1.24. The van der Waals surface area contributed by atoms with Crippen molar-refractivity contribution in [1.82, 2.24) is 5.32 Å². The van der Waals surface area contributed by atoms with E-state index < -0.39 is 0 Å². The molecule has 2 heterocycles. The van der Waals surface area contributed by atoms with E-state index in [9.17, 15) is 0 Å². The highest BCUT2D eigenvalue weighted by molar-refractivity contribution is 5.82. The minimum Gasteiger partial charge on any atom is -0.464 e. The summed E-state index contributed by atoms with van der Waals surface area (Å²) in [6, 6.07) is 6.62. The van der Waals surface area contributed by atoms with Crippen LogP contribution < -0.4 is 5.32 Å². The molecule has 0 radical (unpaired) electrons. The third kappa shape index (κ3) is 2.05. The number of rotatable bonds is 2. The molecule has 0 atom stereocenters. The first-order valence-electron chi connectivity index (χ1n) is 6.97. The van der Waals surface area contributed by atoms with Crippen LogP contribution in [0.1, 0.15) is 49.7 Å². The number of benzene rings is 1. The summed E-state index contributed by atoms with van der Waals surface area (Å²) in [7, 11) is 0.